The molecule has 1 rings (SSSR count). The Morgan fingerprint density at radius 2 is 1.87 bits per heavy atom. The quantitative estimate of drug-likeness (QED) is 0.685. The maximum Gasteiger partial charge on any atom is 0.320 e. The number of carboxylic acids is 1. The Labute approximate surface area is 89.4 Å². The third-order valence-electron chi connectivity index (χ3n) is 1.62. The lowest BCUT2D eigenvalue weighted by Gasteiger charge is -2.04. The number of aliphatic hydroxyl groups excluding tert-OH is 1. The van der Waals surface area contributed by atoms with E-state index in [1.165, 1.54) is 0 Å². The van der Waals surface area contributed by atoms with Crippen molar-refractivity contribution in [2.75, 3.05) is 6.61 Å². The van der Waals surface area contributed by atoms with Crippen LogP contribution in [0.1, 0.15) is 12.5 Å². The van der Waals surface area contributed by atoms with Gasteiger partial charge in [0.25, 0.3) is 0 Å². The van der Waals surface area contributed by atoms with E-state index in [0.29, 0.717) is 6.42 Å². The highest BCUT2D eigenvalue weighted by Gasteiger charge is 2.10. The van der Waals surface area contributed by atoms with Crippen molar-refractivity contribution in [1.29, 1.82) is 0 Å². The Morgan fingerprint density at radius 3 is 2.27 bits per heavy atom. The van der Waals surface area contributed by atoms with Crippen molar-refractivity contribution in [3.05, 3.63) is 35.9 Å². The summed E-state index contributed by atoms with van der Waals surface area (Å²) in [5.74, 6) is -0.959. The minimum Gasteiger partial charge on any atom is -0.480 e. The molecular formula is C11H17NO3. The Balaban J connectivity index is 0.000000583. The van der Waals surface area contributed by atoms with Gasteiger partial charge in [-0.15, -0.1) is 0 Å². The van der Waals surface area contributed by atoms with Gasteiger partial charge in [0.15, 0.2) is 0 Å². The Kier molecular flexibility index (Phi) is 7.23. The summed E-state index contributed by atoms with van der Waals surface area (Å²) in [6.07, 6.45) is 0.385. The number of aliphatic carboxylic acids is 1. The first-order chi connectivity index (χ1) is 7.11. The highest BCUT2D eigenvalue weighted by atomic mass is 16.4. The largest absolute Gasteiger partial charge is 0.480 e. The van der Waals surface area contributed by atoms with E-state index in [0.717, 1.165) is 5.56 Å². The van der Waals surface area contributed by atoms with E-state index in [4.69, 9.17) is 15.9 Å². The lowest BCUT2D eigenvalue weighted by Crippen LogP contribution is -2.32. The fourth-order valence-electron chi connectivity index (χ4n) is 0.955. The highest BCUT2D eigenvalue weighted by molar-refractivity contribution is 5.73. The van der Waals surface area contributed by atoms with Gasteiger partial charge in [-0.2, -0.15) is 0 Å². The summed E-state index contributed by atoms with van der Waals surface area (Å²) in [4.78, 5) is 10.4. The zero-order valence-electron chi connectivity index (χ0n) is 8.76. The van der Waals surface area contributed by atoms with Crippen molar-refractivity contribution in [3.63, 3.8) is 0 Å². The molecule has 0 saturated heterocycles. The number of rotatable bonds is 3. The van der Waals surface area contributed by atoms with Gasteiger partial charge in [-0.3, -0.25) is 4.79 Å². The second-order valence-corrected chi connectivity index (χ2v) is 2.95. The average Bonchev–Trinajstić information content (AvgIpc) is 2.20. The summed E-state index contributed by atoms with van der Waals surface area (Å²) in [5.41, 5.74) is 6.30. The van der Waals surface area contributed by atoms with Crippen LogP contribution in [0.2, 0.25) is 0 Å². The summed E-state index contributed by atoms with van der Waals surface area (Å²) < 4.78 is 0. The van der Waals surface area contributed by atoms with E-state index in [2.05, 4.69) is 0 Å². The first-order valence-electron chi connectivity index (χ1n) is 4.75. The summed E-state index contributed by atoms with van der Waals surface area (Å²) >= 11 is 0. The smallest absolute Gasteiger partial charge is 0.320 e. The summed E-state index contributed by atoms with van der Waals surface area (Å²) in [6.45, 7) is 1.93. The molecule has 1 aromatic rings. The van der Waals surface area contributed by atoms with E-state index in [9.17, 15) is 4.79 Å². The van der Waals surface area contributed by atoms with Crippen LogP contribution in [0.3, 0.4) is 0 Å². The predicted octanol–water partition coefficient (Wildman–Crippen LogP) is 0.640. The van der Waals surface area contributed by atoms with Crippen molar-refractivity contribution in [1.82, 2.24) is 0 Å². The zero-order valence-corrected chi connectivity index (χ0v) is 8.76. The average molecular weight is 211 g/mol. The van der Waals surface area contributed by atoms with E-state index >= 15 is 0 Å². The van der Waals surface area contributed by atoms with Crippen LogP contribution >= 0.6 is 0 Å². The molecule has 0 aliphatic carbocycles. The number of hydrogen-bond acceptors (Lipinski definition) is 3. The molecule has 0 spiro atoms. The molecule has 0 unspecified atom stereocenters. The first kappa shape index (κ1) is 13.6. The normalized spacial score (nSPS) is 11.1. The predicted molar refractivity (Wildman–Crippen MR) is 58.5 cm³/mol. The van der Waals surface area contributed by atoms with Crippen LogP contribution in [0.4, 0.5) is 0 Å². The van der Waals surface area contributed by atoms with Gasteiger partial charge in [-0.1, -0.05) is 30.3 Å². The number of aliphatic hydroxyl groups is 1. The van der Waals surface area contributed by atoms with E-state index in [-0.39, 0.29) is 6.61 Å². The van der Waals surface area contributed by atoms with Crippen LogP contribution in [-0.2, 0) is 11.2 Å². The van der Waals surface area contributed by atoms with Crippen LogP contribution < -0.4 is 5.73 Å². The Hall–Kier alpha value is -1.39. The Bertz CT molecular complexity index is 274. The molecule has 0 amide bonds. The minimum absolute atomic E-state index is 0.250. The number of hydrogen-bond donors (Lipinski definition) is 3. The van der Waals surface area contributed by atoms with Crippen molar-refractivity contribution in [2.24, 2.45) is 5.73 Å². The lowest BCUT2D eigenvalue weighted by molar-refractivity contribution is -0.138. The van der Waals surface area contributed by atoms with Crippen molar-refractivity contribution in [2.45, 2.75) is 19.4 Å². The fraction of sp³-hybridized carbons (Fsp3) is 0.364. The number of nitrogens with two attached hydrogens (primary N) is 1. The lowest BCUT2D eigenvalue weighted by atomic mass is 10.1. The molecule has 0 bridgehead atoms. The summed E-state index contributed by atoms with van der Waals surface area (Å²) in [7, 11) is 0. The van der Waals surface area contributed by atoms with E-state index in [1.807, 2.05) is 30.3 Å². The molecule has 4 N–H and O–H groups in total. The minimum atomic E-state index is -0.959. The molecule has 0 aromatic heterocycles. The second-order valence-electron chi connectivity index (χ2n) is 2.95. The fourth-order valence-corrected chi connectivity index (χ4v) is 0.955. The third-order valence-corrected chi connectivity index (χ3v) is 1.62. The van der Waals surface area contributed by atoms with E-state index in [1.54, 1.807) is 6.92 Å². The monoisotopic (exact) mass is 211 g/mol. The topological polar surface area (TPSA) is 83.5 Å². The molecule has 0 heterocycles. The van der Waals surface area contributed by atoms with E-state index < -0.39 is 12.0 Å². The van der Waals surface area contributed by atoms with Crippen LogP contribution in [0, 0.1) is 0 Å². The Morgan fingerprint density at radius 1 is 1.40 bits per heavy atom. The maximum absolute atomic E-state index is 10.4. The van der Waals surface area contributed by atoms with Crippen molar-refractivity contribution < 1.29 is 15.0 Å². The molecule has 4 nitrogen and oxygen atoms in total. The molecular weight excluding hydrogens is 194 g/mol. The van der Waals surface area contributed by atoms with Gasteiger partial charge in [0.1, 0.15) is 6.04 Å². The molecule has 15 heavy (non-hydrogen) atoms. The SMILES string of the molecule is CCO.N[C@@H](Cc1ccccc1)C(=O)O. The van der Waals surface area contributed by atoms with Crippen LogP contribution in [0.25, 0.3) is 0 Å². The van der Waals surface area contributed by atoms with Gasteiger partial charge in [-0.25, -0.2) is 0 Å². The summed E-state index contributed by atoms with van der Waals surface area (Å²) in [6, 6.07) is 8.54. The van der Waals surface area contributed by atoms with Gasteiger partial charge in [0.2, 0.25) is 0 Å². The van der Waals surface area contributed by atoms with Crippen molar-refractivity contribution in [3.8, 4) is 0 Å². The van der Waals surface area contributed by atoms with Crippen molar-refractivity contribution >= 4 is 5.97 Å². The highest BCUT2D eigenvalue weighted by Crippen LogP contribution is 2.01. The molecule has 0 aliphatic rings. The van der Waals surface area contributed by atoms with Gasteiger partial charge >= 0.3 is 5.97 Å². The number of carboxylic acid groups (broad SMARTS) is 1. The second kappa shape index (κ2) is 7.96. The molecule has 0 saturated carbocycles. The summed E-state index contributed by atoms with van der Waals surface area (Å²) in [5, 5.41) is 16.1. The zero-order chi connectivity index (χ0) is 11.7. The first-order valence-corrected chi connectivity index (χ1v) is 4.75. The number of carbonyl (C=O) groups is 1. The van der Waals surface area contributed by atoms with Gasteiger partial charge in [0.05, 0.1) is 0 Å². The van der Waals surface area contributed by atoms with Gasteiger partial charge in [0, 0.05) is 6.61 Å². The molecule has 4 heteroatoms. The van der Waals surface area contributed by atoms with Crippen LogP contribution in [0.5, 0.6) is 0 Å². The molecule has 0 aliphatic heterocycles. The molecule has 0 radical (unpaired) electrons. The third kappa shape index (κ3) is 6.65. The van der Waals surface area contributed by atoms with Crippen LogP contribution in [0.15, 0.2) is 30.3 Å². The number of benzene rings is 1. The molecule has 84 valence electrons. The molecule has 1 atom stereocenters. The van der Waals surface area contributed by atoms with Gasteiger partial charge < -0.3 is 15.9 Å². The molecule has 0 fully saturated rings. The van der Waals surface area contributed by atoms with Crippen LogP contribution in [-0.4, -0.2) is 28.8 Å². The maximum atomic E-state index is 10.4. The van der Waals surface area contributed by atoms with Gasteiger partial charge in [-0.05, 0) is 18.9 Å². The molecule has 1 aromatic carbocycles. The standard InChI is InChI=1S/C9H11NO2.C2H6O/c10-8(9(11)12)6-7-4-2-1-3-5-7;1-2-3/h1-5,8H,6,10H2,(H,11,12);3H,2H2,1H3/t8-;/m0./s1.